The summed E-state index contributed by atoms with van der Waals surface area (Å²) in [4.78, 5) is 4.00. The fraction of sp³-hybridized carbons (Fsp3) is 0.273. The van der Waals surface area contributed by atoms with Crippen molar-refractivity contribution >= 4 is 6.21 Å². The lowest BCUT2D eigenvalue weighted by atomic mass is 10.2. The van der Waals surface area contributed by atoms with E-state index in [0.29, 0.717) is 5.49 Å². The first kappa shape index (κ1) is 11.4. The second-order valence-electron chi connectivity index (χ2n) is 3.31. The number of nitrogens with one attached hydrogen (secondary N) is 2. The van der Waals surface area contributed by atoms with E-state index in [1.54, 1.807) is 16.8 Å². The first-order valence-electron chi connectivity index (χ1n) is 4.71. The van der Waals surface area contributed by atoms with E-state index in [0.717, 1.165) is 0 Å². The van der Waals surface area contributed by atoms with Gasteiger partial charge in [-0.3, -0.25) is 15.7 Å². The van der Waals surface area contributed by atoms with E-state index >= 15 is 0 Å². The highest BCUT2D eigenvalue weighted by molar-refractivity contribution is 5.67. The van der Waals surface area contributed by atoms with Crippen LogP contribution in [-0.4, -0.2) is 17.8 Å². The van der Waals surface area contributed by atoms with Crippen molar-refractivity contribution in [3.63, 3.8) is 0 Å². The Morgan fingerprint density at radius 1 is 1.60 bits per heavy atom. The van der Waals surface area contributed by atoms with E-state index in [4.69, 9.17) is 5.41 Å². The molecule has 80 valence electrons. The van der Waals surface area contributed by atoms with Gasteiger partial charge in [0, 0.05) is 18.6 Å². The standard InChI is InChI=1S/C11H16N4/c1-4-14-9-11(2,13-3)15-8-6-5-7-10(15)12/h4-9,12-13H,1H2,2-3H3. The van der Waals surface area contributed by atoms with Crippen LogP contribution < -0.4 is 10.8 Å². The lowest BCUT2D eigenvalue weighted by Crippen LogP contribution is -2.49. The summed E-state index contributed by atoms with van der Waals surface area (Å²) in [6, 6.07) is 5.45. The Labute approximate surface area is 89.5 Å². The van der Waals surface area contributed by atoms with Gasteiger partial charge < -0.3 is 4.57 Å². The summed E-state index contributed by atoms with van der Waals surface area (Å²) >= 11 is 0. The third-order valence-electron chi connectivity index (χ3n) is 2.30. The van der Waals surface area contributed by atoms with Crippen molar-refractivity contribution in [1.82, 2.24) is 9.88 Å². The molecule has 0 fully saturated rings. The number of rotatable bonds is 4. The highest BCUT2D eigenvalue weighted by atomic mass is 15.2. The largest absolute Gasteiger partial charge is 0.310 e. The molecule has 0 aliphatic rings. The smallest absolute Gasteiger partial charge is 0.129 e. The summed E-state index contributed by atoms with van der Waals surface area (Å²) in [7, 11) is 1.83. The summed E-state index contributed by atoms with van der Waals surface area (Å²) in [6.45, 7) is 5.47. The van der Waals surface area contributed by atoms with Crippen molar-refractivity contribution < 1.29 is 0 Å². The maximum absolute atomic E-state index is 7.80. The highest BCUT2D eigenvalue weighted by Gasteiger charge is 2.20. The number of aliphatic imine (C=N–C) groups is 1. The average molecular weight is 204 g/mol. The first-order chi connectivity index (χ1) is 7.14. The molecule has 0 amide bonds. The van der Waals surface area contributed by atoms with Gasteiger partial charge in [0.15, 0.2) is 0 Å². The van der Waals surface area contributed by atoms with E-state index in [-0.39, 0.29) is 0 Å². The van der Waals surface area contributed by atoms with Crippen molar-refractivity contribution in [2.24, 2.45) is 4.99 Å². The summed E-state index contributed by atoms with van der Waals surface area (Å²) in [5, 5.41) is 10.9. The lowest BCUT2D eigenvalue weighted by Gasteiger charge is -2.28. The van der Waals surface area contributed by atoms with Gasteiger partial charge in [0.25, 0.3) is 0 Å². The Morgan fingerprint density at radius 2 is 2.33 bits per heavy atom. The molecular formula is C11H16N4. The van der Waals surface area contributed by atoms with Crippen LogP contribution in [0, 0.1) is 5.41 Å². The minimum Gasteiger partial charge on any atom is -0.310 e. The number of hydrogen-bond donors (Lipinski definition) is 2. The second-order valence-corrected chi connectivity index (χ2v) is 3.31. The van der Waals surface area contributed by atoms with Gasteiger partial charge in [0.05, 0.1) is 0 Å². The van der Waals surface area contributed by atoms with Gasteiger partial charge in [-0.05, 0) is 26.1 Å². The Hall–Kier alpha value is -1.68. The molecule has 0 saturated carbocycles. The Morgan fingerprint density at radius 3 is 2.87 bits per heavy atom. The van der Waals surface area contributed by atoms with Gasteiger partial charge in [0.2, 0.25) is 0 Å². The third-order valence-corrected chi connectivity index (χ3v) is 2.30. The van der Waals surface area contributed by atoms with E-state index in [2.05, 4.69) is 16.9 Å². The summed E-state index contributed by atoms with van der Waals surface area (Å²) in [6.07, 6.45) is 5.04. The van der Waals surface area contributed by atoms with Crippen molar-refractivity contribution in [3.05, 3.63) is 42.7 Å². The monoisotopic (exact) mass is 204 g/mol. The molecule has 1 rings (SSSR count). The average Bonchev–Trinajstić information content (AvgIpc) is 2.26. The maximum Gasteiger partial charge on any atom is 0.129 e. The Bertz CT molecular complexity index is 419. The van der Waals surface area contributed by atoms with Gasteiger partial charge in [-0.15, -0.1) is 0 Å². The van der Waals surface area contributed by atoms with Crippen LogP contribution in [0.15, 0.2) is 42.2 Å². The topological polar surface area (TPSA) is 53.2 Å². The van der Waals surface area contributed by atoms with Crippen LogP contribution in [-0.2, 0) is 5.66 Å². The van der Waals surface area contributed by atoms with Gasteiger partial charge in [-0.2, -0.15) is 0 Å². The number of nitrogens with zero attached hydrogens (tertiary/aromatic N) is 2. The van der Waals surface area contributed by atoms with Crippen LogP contribution in [0.5, 0.6) is 0 Å². The molecule has 4 nitrogen and oxygen atoms in total. The molecule has 2 N–H and O–H groups in total. The summed E-state index contributed by atoms with van der Waals surface area (Å²) in [5.74, 6) is 0. The van der Waals surface area contributed by atoms with E-state index < -0.39 is 5.66 Å². The Kier molecular flexibility index (Phi) is 3.57. The SMILES string of the molecule is C=CN=CC(C)(NC)n1ccccc1=N. The minimum atomic E-state index is -0.507. The quantitative estimate of drug-likeness (QED) is 0.708. The number of pyridine rings is 1. The molecule has 1 unspecified atom stereocenters. The molecule has 1 heterocycles. The predicted octanol–water partition coefficient (Wildman–Crippen LogP) is 1.07. The summed E-state index contributed by atoms with van der Waals surface area (Å²) in [5.41, 5.74) is -0.0862. The zero-order chi connectivity index (χ0) is 11.3. The molecule has 0 aliphatic heterocycles. The molecule has 1 aromatic heterocycles. The van der Waals surface area contributed by atoms with Crippen molar-refractivity contribution in [3.8, 4) is 0 Å². The molecule has 0 aliphatic carbocycles. The summed E-state index contributed by atoms with van der Waals surface area (Å²) < 4.78 is 1.79. The highest BCUT2D eigenvalue weighted by Crippen LogP contribution is 2.05. The molecular weight excluding hydrogens is 188 g/mol. The van der Waals surface area contributed by atoms with E-state index in [9.17, 15) is 0 Å². The molecule has 1 aromatic rings. The van der Waals surface area contributed by atoms with Crippen LogP contribution in [0.3, 0.4) is 0 Å². The van der Waals surface area contributed by atoms with E-state index in [1.807, 2.05) is 32.3 Å². The van der Waals surface area contributed by atoms with Gasteiger partial charge in [-0.1, -0.05) is 12.6 Å². The number of hydrogen-bond acceptors (Lipinski definition) is 3. The van der Waals surface area contributed by atoms with Crippen LogP contribution in [0.2, 0.25) is 0 Å². The first-order valence-corrected chi connectivity index (χ1v) is 4.71. The van der Waals surface area contributed by atoms with Crippen LogP contribution in [0.4, 0.5) is 0 Å². The van der Waals surface area contributed by atoms with Gasteiger partial charge in [-0.25, -0.2) is 0 Å². The molecule has 1 atom stereocenters. The predicted molar refractivity (Wildman–Crippen MR) is 61.7 cm³/mol. The molecule has 0 radical (unpaired) electrons. The third kappa shape index (κ3) is 2.41. The van der Waals surface area contributed by atoms with E-state index in [1.165, 1.54) is 6.20 Å². The molecule has 4 heteroatoms. The fourth-order valence-electron chi connectivity index (χ4n) is 1.29. The van der Waals surface area contributed by atoms with Gasteiger partial charge in [0.1, 0.15) is 11.2 Å². The molecule has 0 saturated heterocycles. The van der Waals surface area contributed by atoms with Crippen molar-refractivity contribution in [1.29, 1.82) is 5.41 Å². The molecule has 15 heavy (non-hydrogen) atoms. The minimum absolute atomic E-state index is 0.421. The second kappa shape index (κ2) is 4.70. The Balaban J connectivity index is 3.23. The number of aromatic nitrogens is 1. The molecule has 0 aromatic carbocycles. The van der Waals surface area contributed by atoms with Crippen molar-refractivity contribution in [2.75, 3.05) is 7.05 Å². The van der Waals surface area contributed by atoms with Crippen LogP contribution in [0.1, 0.15) is 6.92 Å². The maximum atomic E-state index is 7.80. The van der Waals surface area contributed by atoms with Crippen LogP contribution in [0.25, 0.3) is 0 Å². The lowest BCUT2D eigenvalue weighted by molar-refractivity contribution is 0.371. The fourth-order valence-corrected chi connectivity index (χ4v) is 1.29. The normalized spacial score (nSPS) is 15.1. The zero-order valence-electron chi connectivity index (χ0n) is 9.07. The molecule has 0 spiro atoms. The van der Waals surface area contributed by atoms with Crippen LogP contribution >= 0.6 is 0 Å². The van der Waals surface area contributed by atoms with Crippen molar-refractivity contribution in [2.45, 2.75) is 12.6 Å². The molecule has 0 bridgehead atoms. The van der Waals surface area contributed by atoms with Gasteiger partial charge >= 0.3 is 0 Å². The zero-order valence-corrected chi connectivity index (χ0v) is 9.07.